The van der Waals surface area contributed by atoms with Crippen LogP contribution in [-0.2, 0) is 9.84 Å². The highest BCUT2D eigenvalue weighted by Crippen LogP contribution is 2.30. The maximum atomic E-state index is 13.0. The number of rotatable bonds is 4. The molecule has 2 aromatic carbocycles. The minimum atomic E-state index is -3.82. The van der Waals surface area contributed by atoms with Crippen molar-refractivity contribution in [1.29, 1.82) is 0 Å². The number of benzene rings is 2. The Balaban J connectivity index is 2.21. The third-order valence-electron chi connectivity index (χ3n) is 3.99. The lowest BCUT2D eigenvalue weighted by atomic mass is 10.0. The minimum Gasteiger partial charge on any atom is -0.258 e. The summed E-state index contributed by atoms with van der Waals surface area (Å²) in [6.45, 7) is 3.84. The van der Waals surface area contributed by atoms with Crippen LogP contribution in [0, 0.1) is 10.1 Å². The monoisotopic (exact) mass is 356 g/mol. The van der Waals surface area contributed by atoms with E-state index in [4.69, 9.17) is 0 Å². The van der Waals surface area contributed by atoms with E-state index in [9.17, 15) is 18.5 Å². The first-order chi connectivity index (χ1) is 11.8. The van der Waals surface area contributed by atoms with E-state index < -0.39 is 14.8 Å². The summed E-state index contributed by atoms with van der Waals surface area (Å²) in [6, 6.07) is 14.0. The molecule has 0 aliphatic heterocycles. The summed E-state index contributed by atoms with van der Waals surface area (Å²) in [5.74, 6) is 0.0347. The lowest BCUT2D eigenvalue weighted by Crippen LogP contribution is -2.08. The van der Waals surface area contributed by atoms with Crippen molar-refractivity contribution in [1.82, 2.24) is 4.98 Å². The van der Waals surface area contributed by atoms with Gasteiger partial charge in [0.2, 0.25) is 9.84 Å². The molecule has 0 N–H and O–H groups in total. The van der Waals surface area contributed by atoms with E-state index in [1.54, 1.807) is 30.3 Å². The number of nitro groups is 1. The van der Waals surface area contributed by atoms with E-state index in [0.29, 0.717) is 10.9 Å². The summed E-state index contributed by atoms with van der Waals surface area (Å²) in [5, 5.41) is 11.3. The SMILES string of the molecule is CC(C)c1ccccc1S(=O)(=O)c1ccc2c([N+](=O)[O-])cccc2n1. The smallest absolute Gasteiger partial charge is 0.258 e. The molecule has 0 amide bonds. The van der Waals surface area contributed by atoms with Crippen LogP contribution >= 0.6 is 0 Å². The van der Waals surface area contributed by atoms with Crippen molar-refractivity contribution in [2.24, 2.45) is 0 Å². The standard InChI is InChI=1S/C18H16N2O4S/c1-12(2)13-6-3-4-9-17(13)25(23,24)18-11-10-14-15(19-18)7-5-8-16(14)20(21)22/h3-12H,1-2H3. The van der Waals surface area contributed by atoms with Gasteiger partial charge in [0, 0.05) is 6.07 Å². The van der Waals surface area contributed by atoms with Crippen LogP contribution in [0.2, 0.25) is 0 Å². The fourth-order valence-electron chi connectivity index (χ4n) is 2.74. The van der Waals surface area contributed by atoms with E-state index in [2.05, 4.69) is 4.98 Å². The molecule has 0 saturated carbocycles. The van der Waals surface area contributed by atoms with Crippen LogP contribution in [0.5, 0.6) is 0 Å². The molecule has 25 heavy (non-hydrogen) atoms. The van der Waals surface area contributed by atoms with E-state index in [1.807, 2.05) is 13.8 Å². The number of nitro benzene ring substituents is 1. The topological polar surface area (TPSA) is 90.2 Å². The molecule has 0 radical (unpaired) electrons. The molecule has 128 valence electrons. The third-order valence-corrected chi connectivity index (χ3v) is 5.71. The first kappa shape index (κ1) is 17.0. The number of aromatic nitrogens is 1. The van der Waals surface area contributed by atoms with Crippen LogP contribution in [0.1, 0.15) is 25.3 Å². The van der Waals surface area contributed by atoms with Crippen LogP contribution in [0.25, 0.3) is 10.9 Å². The fourth-order valence-corrected chi connectivity index (χ4v) is 4.31. The van der Waals surface area contributed by atoms with Crippen LogP contribution in [0.4, 0.5) is 5.69 Å². The fraction of sp³-hybridized carbons (Fsp3) is 0.167. The second kappa shape index (κ2) is 6.25. The maximum absolute atomic E-state index is 13.0. The van der Waals surface area contributed by atoms with Crippen molar-refractivity contribution in [3.05, 3.63) is 70.3 Å². The summed E-state index contributed by atoms with van der Waals surface area (Å²) in [5.41, 5.74) is 0.886. The highest BCUT2D eigenvalue weighted by molar-refractivity contribution is 7.91. The molecule has 0 bridgehead atoms. The Kier molecular flexibility index (Phi) is 4.26. The van der Waals surface area contributed by atoms with Gasteiger partial charge in [0.25, 0.3) is 5.69 Å². The molecule has 0 aliphatic rings. The van der Waals surface area contributed by atoms with Gasteiger partial charge in [-0.05, 0) is 35.7 Å². The Hall–Kier alpha value is -2.80. The predicted octanol–water partition coefficient (Wildman–Crippen LogP) is 4.10. The maximum Gasteiger partial charge on any atom is 0.278 e. The van der Waals surface area contributed by atoms with Gasteiger partial charge in [-0.2, -0.15) is 0 Å². The first-order valence-corrected chi connectivity index (χ1v) is 9.19. The van der Waals surface area contributed by atoms with Gasteiger partial charge in [-0.15, -0.1) is 0 Å². The van der Waals surface area contributed by atoms with Gasteiger partial charge in [-0.3, -0.25) is 10.1 Å². The highest BCUT2D eigenvalue weighted by atomic mass is 32.2. The number of non-ortho nitro benzene ring substituents is 1. The molecule has 3 aromatic rings. The number of sulfone groups is 1. The molecule has 0 spiro atoms. The Morgan fingerprint density at radius 2 is 1.72 bits per heavy atom. The van der Waals surface area contributed by atoms with Crippen molar-refractivity contribution in [3.63, 3.8) is 0 Å². The average molecular weight is 356 g/mol. The molecule has 3 rings (SSSR count). The minimum absolute atomic E-state index is 0.0347. The van der Waals surface area contributed by atoms with Crippen LogP contribution in [0.3, 0.4) is 0 Å². The summed E-state index contributed by atoms with van der Waals surface area (Å²) in [7, 11) is -3.82. The molecule has 6 nitrogen and oxygen atoms in total. The lowest BCUT2D eigenvalue weighted by Gasteiger charge is -2.13. The van der Waals surface area contributed by atoms with Gasteiger partial charge in [-0.1, -0.05) is 38.1 Å². The zero-order valence-electron chi connectivity index (χ0n) is 13.7. The third kappa shape index (κ3) is 2.98. The van der Waals surface area contributed by atoms with Gasteiger partial charge >= 0.3 is 0 Å². The van der Waals surface area contributed by atoms with Gasteiger partial charge in [0.05, 0.1) is 20.7 Å². The largest absolute Gasteiger partial charge is 0.278 e. The van der Waals surface area contributed by atoms with Gasteiger partial charge in [-0.25, -0.2) is 13.4 Å². The Bertz CT molecular complexity index is 1080. The normalized spacial score (nSPS) is 11.8. The zero-order chi connectivity index (χ0) is 18.2. The number of nitrogens with zero attached hydrogens (tertiary/aromatic N) is 2. The van der Waals surface area contributed by atoms with Crippen molar-refractivity contribution in [2.75, 3.05) is 0 Å². The van der Waals surface area contributed by atoms with E-state index in [1.165, 1.54) is 24.3 Å². The zero-order valence-corrected chi connectivity index (χ0v) is 14.5. The summed E-state index contributed by atoms with van der Waals surface area (Å²) in [6.07, 6.45) is 0. The summed E-state index contributed by atoms with van der Waals surface area (Å²) >= 11 is 0. The molecule has 0 atom stereocenters. The van der Waals surface area contributed by atoms with Crippen molar-refractivity contribution in [2.45, 2.75) is 29.7 Å². The molecular formula is C18H16N2O4S. The van der Waals surface area contributed by atoms with Crippen molar-refractivity contribution in [3.8, 4) is 0 Å². The predicted molar refractivity (Wildman–Crippen MR) is 94.4 cm³/mol. The van der Waals surface area contributed by atoms with E-state index in [0.717, 1.165) is 0 Å². The lowest BCUT2D eigenvalue weighted by molar-refractivity contribution is -0.383. The molecule has 0 aliphatic carbocycles. The molecule has 1 aromatic heterocycles. The second-order valence-corrected chi connectivity index (χ2v) is 7.81. The van der Waals surface area contributed by atoms with Crippen LogP contribution < -0.4 is 0 Å². The Morgan fingerprint density at radius 3 is 2.40 bits per heavy atom. The summed E-state index contributed by atoms with van der Waals surface area (Å²) in [4.78, 5) is 15.0. The molecule has 0 fully saturated rings. The van der Waals surface area contributed by atoms with E-state index >= 15 is 0 Å². The Morgan fingerprint density at radius 1 is 1.00 bits per heavy atom. The molecule has 7 heteroatoms. The molecule has 0 saturated heterocycles. The molecule has 1 heterocycles. The second-order valence-electron chi connectivity index (χ2n) is 5.95. The Labute approximate surface area is 145 Å². The number of hydrogen-bond acceptors (Lipinski definition) is 5. The number of hydrogen-bond donors (Lipinski definition) is 0. The quantitative estimate of drug-likeness (QED) is 0.518. The summed E-state index contributed by atoms with van der Waals surface area (Å²) < 4.78 is 26.1. The van der Waals surface area contributed by atoms with Crippen molar-refractivity contribution < 1.29 is 13.3 Å². The average Bonchev–Trinajstić information content (AvgIpc) is 2.60. The number of fused-ring (bicyclic) bond motifs is 1. The highest BCUT2D eigenvalue weighted by Gasteiger charge is 2.24. The van der Waals surface area contributed by atoms with E-state index in [-0.39, 0.29) is 27.0 Å². The first-order valence-electron chi connectivity index (χ1n) is 7.70. The number of pyridine rings is 1. The van der Waals surface area contributed by atoms with Crippen molar-refractivity contribution >= 4 is 26.4 Å². The van der Waals surface area contributed by atoms with Crippen LogP contribution in [-0.4, -0.2) is 18.3 Å². The van der Waals surface area contributed by atoms with Gasteiger partial charge in [0.1, 0.15) is 0 Å². The van der Waals surface area contributed by atoms with Crippen LogP contribution in [0.15, 0.2) is 64.5 Å². The van der Waals surface area contributed by atoms with Gasteiger partial charge in [0.15, 0.2) is 5.03 Å². The molecular weight excluding hydrogens is 340 g/mol. The molecule has 0 unspecified atom stereocenters. The van der Waals surface area contributed by atoms with Gasteiger partial charge < -0.3 is 0 Å².